The number of hydrogen-bond donors (Lipinski definition) is 0. The van der Waals surface area contributed by atoms with E-state index in [-0.39, 0.29) is 12.2 Å². The molecule has 4 nitrogen and oxygen atoms in total. The molecule has 0 bridgehead atoms. The molecule has 0 fully saturated rings. The van der Waals surface area contributed by atoms with Gasteiger partial charge in [-0.15, -0.1) is 0 Å². The molecule has 2 aromatic carbocycles. The fourth-order valence-electron chi connectivity index (χ4n) is 3.29. The summed E-state index contributed by atoms with van der Waals surface area (Å²) in [6.45, 7) is 0. The number of carbonyl (C=O) groups excluding carboxylic acids is 2. The molecule has 1 heterocycles. The number of hydrogen-bond acceptors (Lipinski definition) is 3. The summed E-state index contributed by atoms with van der Waals surface area (Å²) < 4.78 is 0. The number of benzene rings is 2. The van der Waals surface area contributed by atoms with Crippen LogP contribution in [0.1, 0.15) is 21.5 Å². The van der Waals surface area contributed by atoms with Gasteiger partial charge in [0.25, 0.3) is 0 Å². The fourth-order valence-corrected chi connectivity index (χ4v) is 3.29. The van der Waals surface area contributed by atoms with Crippen LogP contribution in [0.25, 0.3) is 0 Å². The number of nitrogens with zero attached hydrogens (tertiary/aromatic N) is 1. The topological polar surface area (TPSA) is 60.4 Å². The van der Waals surface area contributed by atoms with Gasteiger partial charge in [-0.2, -0.15) is 0 Å². The molecule has 1 aliphatic heterocycles. The summed E-state index contributed by atoms with van der Waals surface area (Å²) in [7, 11) is 0. The summed E-state index contributed by atoms with van der Waals surface area (Å²) in [5.74, 6) is -0.927. The number of ketones is 1. The third-order valence-electron chi connectivity index (χ3n) is 4.24. The molecule has 0 saturated heterocycles. The van der Waals surface area contributed by atoms with Crippen molar-refractivity contribution in [3.63, 3.8) is 0 Å². The first-order valence-corrected chi connectivity index (χ1v) is 6.40. The summed E-state index contributed by atoms with van der Waals surface area (Å²) >= 11 is 0. The van der Waals surface area contributed by atoms with Gasteiger partial charge < -0.3 is 10.3 Å². The molecule has 1 atom stereocenters. The summed E-state index contributed by atoms with van der Waals surface area (Å²) in [6, 6.07) is 13.9. The van der Waals surface area contributed by atoms with Crippen LogP contribution in [0.15, 0.2) is 48.5 Å². The first-order valence-electron chi connectivity index (χ1n) is 6.40. The minimum absolute atomic E-state index is 0.260. The Balaban J connectivity index is 2.01. The van der Waals surface area contributed by atoms with E-state index in [4.69, 9.17) is 0 Å². The summed E-state index contributed by atoms with van der Waals surface area (Å²) in [4.78, 5) is 25.2. The first-order chi connectivity index (χ1) is 9.66. The highest BCUT2D eigenvalue weighted by Gasteiger charge is 2.57. The molecule has 98 valence electrons. The lowest BCUT2D eigenvalue weighted by atomic mass is 9.78. The highest BCUT2D eigenvalue weighted by Crippen LogP contribution is 2.49. The van der Waals surface area contributed by atoms with E-state index in [1.165, 1.54) is 0 Å². The Morgan fingerprint density at radius 3 is 2.50 bits per heavy atom. The van der Waals surface area contributed by atoms with Crippen molar-refractivity contribution >= 4 is 17.4 Å². The number of para-hydroxylation sites is 1. The summed E-state index contributed by atoms with van der Waals surface area (Å²) in [6.07, 6.45) is 0.274. The molecule has 0 aromatic heterocycles. The maximum absolute atomic E-state index is 12.8. The molecule has 1 spiro atoms. The number of amides is 1. The molecule has 4 rings (SSSR count). The van der Waals surface area contributed by atoms with E-state index < -0.39 is 11.3 Å². The number of carbonyl (C=O) groups is 2. The van der Waals surface area contributed by atoms with Crippen molar-refractivity contribution < 1.29 is 9.59 Å². The first kappa shape index (κ1) is 11.4. The zero-order chi connectivity index (χ0) is 13.9. The van der Waals surface area contributed by atoms with Gasteiger partial charge >= 0.3 is 0 Å². The molecule has 2 aliphatic rings. The second-order valence-corrected chi connectivity index (χ2v) is 5.19. The van der Waals surface area contributed by atoms with Crippen LogP contribution in [-0.2, 0) is 16.6 Å². The van der Waals surface area contributed by atoms with Gasteiger partial charge in [-0.25, -0.2) is 0 Å². The van der Waals surface area contributed by atoms with E-state index in [1.54, 1.807) is 36.4 Å². The largest absolute Gasteiger partial charge is 0.752 e. The lowest BCUT2D eigenvalue weighted by Crippen LogP contribution is -2.43. The number of hydroxylamine groups is 1. The van der Waals surface area contributed by atoms with Crippen LogP contribution >= 0.6 is 0 Å². The van der Waals surface area contributed by atoms with Crippen LogP contribution in [0.5, 0.6) is 0 Å². The maximum Gasteiger partial charge on any atom is 0.235 e. The summed E-state index contributed by atoms with van der Waals surface area (Å²) in [5.41, 5.74) is 0.851. The molecular formula is C16H10NO3-. The zero-order valence-corrected chi connectivity index (χ0v) is 10.5. The molecule has 20 heavy (non-hydrogen) atoms. The number of Topliss-reactive ketones (excluding diaryl/α,β-unsaturated/α-hetero) is 1. The van der Waals surface area contributed by atoms with Gasteiger partial charge in [-0.05, 0) is 23.6 Å². The van der Waals surface area contributed by atoms with Crippen LogP contribution in [0.4, 0.5) is 5.69 Å². The Kier molecular flexibility index (Phi) is 2.02. The third-order valence-corrected chi connectivity index (χ3v) is 4.24. The Labute approximate surface area is 115 Å². The molecule has 1 aliphatic carbocycles. The van der Waals surface area contributed by atoms with Crippen molar-refractivity contribution in [2.24, 2.45) is 0 Å². The lowest BCUT2D eigenvalue weighted by molar-refractivity contribution is -0.120. The van der Waals surface area contributed by atoms with Crippen molar-refractivity contribution in [2.45, 2.75) is 11.8 Å². The van der Waals surface area contributed by atoms with Crippen molar-refractivity contribution in [1.29, 1.82) is 0 Å². The highest BCUT2D eigenvalue weighted by molar-refractivity contribution is 6.29. The zero-order valence-electron chi connectivity index (χ0n) is 10.5. The fraction of sp³-hybridized carbons (Fsp3) is 0.125. The Morgan fingerprint density at radius 1 is 1.00 bits per heavy atom. The summed E-state index contributed by atoms with van der Waals surface area (Å²) in [5, 5.41) is 12.4. The molecule has 0 radical (unpaired) electrons. The maximum atomic E-state index is 12.8. The third kappa shape index (κ3) is 1.10. The highest BCUT2D eigenvalue weighted by atomic mass is 16.5. The van der Waals surface area contributed by atoms with Crippen LogP contribution < -0.4 is 5.06 Å². The van der Waals surface area contributed by atoms with Crippen LogP contribution in [0.3, 0.4) is 0 Å². The van der Waals surface area contributed by atoms with E-state index >= 15 is 0 Å². The average molecular weight is 264 g/mol. The molecule has 0 N–H and O–H groups in total. The lowest BCUT2D eigenvalue weighted by Gasteiger charge is -2.26. The van der Waals surface area contributed by atoms with E-state index in [0.29, 0.717) is 21.9 Å². The van der Waals surface area contributed by atoms with Gasteiger partial charge in [0, 0.05) is 11.3 Å². The molecular weight excluding hydrogens is 254 g/mol. The number of fused-ring (bicyclic) bond motifs is 3. The Bertz CT molecular complexity index is 768. The van der Waals surface area contributed by atoms with E-state index in [9.17, 15) is 14.8 Å². The predicted octanol–water partition coefficient (Wildman–Crippen LogP) is 2.21. The van der Waals surface area contributed by atoms with Crippen LogP contribution in [0, 0.1) is 5.21 Å². The van der Waals surface area contributed by atoms with Gasteiger partial charge in [0.05, 0.1) is 0 Å². The quantitative estimate of drug-likeness (QED) is 0.685. The van der Waals surface area contributed by atoms with E-state index in [2.05, 4.69) is 0 Å². The number of anilines is 1. The monoisotopic (exact) mass is 264 g/mol. The van der Waals surface area contributed by atoms with Crippen LogP contribution in [0.2, 0.25) is 0 Å². The standard InChI is InChI=1S/C16H10NO3/c18-14-11-6-2-1-5-10(11)9-16(14)12-7-3-4-8-13(12)17(20)15(16)19/h1-8H,9H2/q-1. The van der Waals surface area contributed by atoms with Crippen LogP contribution in [-0.4, -0.2) is 11.7 Å². The van der Waals surface area contributed by atoms with Gasteiger partial charge in [-0.3, -0.25) is 9.59 Å². The Hall–Kier alpha value is -2.46. The average Bonchev–Trinajstić information content (AvgIpc) is 2.90. The molecule has 0 saturated carbocycles. The smallest absolute Gasteiger partial charge is 0.235 e. The van der Waals surface area contributed by atoms with E-state index in [0.717, 1.165) is 5.56 Å². The van der Waals surface area contributed by atoms with Crippen molar-refractivity contribution in [3.8, 4) is 0 Å². The SMILES string of the molecule is O=C1c2ccccc2CC12C(=O)N([O-])c1ccccc12. The van der Waals surface area contributed by atoms with Gasteiger partial charge in [0.2, 0.25) is 5.91 Å². The minimum atomic E-state index is -1.35. The molecule has 2 aromatic rings. The van der Waals surface area contributed by atoms with Crippen molar-refractivity contribution in [3.05, 3.63) is 70.4 Å². The van der Waals surface area contributed by atoms with E-state index in [1.807, 2.05) is 12.1 Å². The van der Waals surface area contributed by atoms with Gasteiger partial charge in [0.15, 0.2) is 5.78 Å². The van der Waals surface area contributed by atoms with Crippen molar-refractivity contribution in [1.82, 2.24) is 0 Å². The Morgan fingerprint density at radius 2 is 1.70 bits per heavy atom. The molecule has 1 amide bonds. The minimum Gasteiger partial charge on any atom is -0.752 e. The molecule has 4 heteroatoms. The second kappa shape index (κ2) is 3.55. The second-order valence-electron chi connectivity index (χ2n) is 5.19. The number of rotatable bonds is 0. The van der Waals surface area contributed by atoms with Gasteiger partial charge in [-0.1, -0.05) is 42.5 Å². The van der Waals surface area contributed by atoms with Crippen molar-refractivity contribution in [2.75, 3.05) is 5.06 Å². The normalized spacial score (nSPS) is 23.4. The predicted molar refractivity (Wildman–Crippen MR) is 73.4 cm³/mol. The molecule has 1 unspecified atom stereocenters. The van der Waals surface area contributed by atoms with Gasteiger partial charge in [0.1, 0.15) is 5.41 Å².